The standard InChI is InChI=1S/C10H9BrO/c1-3-8-5-6-9(11)10(7-8)12-4-2/h1,5-7H,4H2,2H3. The van der Waals surface area contributed by atoms with Crippen LogP contribution in [-0.4, -0.2) is 6.61 Å². The molecular weight excluding hydrogens is 216 g/mol. The fraction of sp³-hybridized carbons (Fsp3) is 0.200. The van der Waals surface area contributed by atoms with Crippen molar-refractivity contribution < 1.29 is 4.74 Å². The van der Waals surface area contributed by atoms with Gasteiger partial charge < -0.3 is 4.74 Å². The van der Waals surface area contributed by atoms with Gasteiger partial charge in [-0.05, 0) is 41.1 Å². The van der Waals surface area contributed by atoms with Gasteiger partial charge in [-0.2, -0.15) is 0 Å². The maximum atomic E-state index is 5.34. The zero-order chi connectivity index (χ0) is 8.97. The van der Waals surface area contributed by atoms with Crippen molar-refractivity contribution in [3.8, 4) is 18.1 Å². The molecule has 1 nitrogen and oxygen atoms in total. The van der Waals surface area contributed by atoms with Crippen LogP contribution in [0.3, 0.4) is 0 Å². The summed E-state index contributed by atoms with van der Waals surface area (Å²) in [7, 11) is 0. The van der Waals surface area contributed by atoms with Gasteiger partial charge in [-0.15, -0.1) is 6.42 Å². The molecule has 0 saturated heterocycles. The van der Waals surface area contributed by atoms with E-state index in [2.05, 4.69) is 21.9 Å². The molecule has 0 saturated carbocycles. The number of hydrogen-bond acceptors (Lipinski definition) is 1. The second kappa shape index (κ2) is 4.18. The molecule has 1 rings (SSSR count). The minimum absolute atomic E-state index is 0.645. The Morgan fingerprint density at radius 3 is 2.92 bits per heavy atom. The molecule has 0 amide bonds. The lowest BCUT2D eigenvalue weighted by molar-refractivity contribution is 0.338. The number of terminal acetylenes is 1. The Balaban J connectivity index is 3.01. The highest BCUT2D eigenvalue weighted by atomic mass is 79.9. The predicted molar refractivity (Wildman–Crippen MR) is 53.2 cm³/mol. The van der Waals surface area contributed by atoms with Gasteiger partial charge in [0.1, 0.15) is 5.75 Å². The van der Waals surface area contributed by atoms with E-state index in [1.54, 1.807) is 0 Å². The van der Waals surface area contributed by atoms with E-state index >= 15 is 0 Å². The van der Waals surface area contributed by atoms with Gasteiger partial charge >= 0.3 is 0 Å². The highest BCUT2D eigenvalue weighted by Gasteiger charge is 1.99. The number of benzene rings is 1. The monoisotopic (exact) mass is 224 g/mol. The van der Waals surface area contributed by atoms with Gasteiger partial charge in [-0.1, -0.05) is 5.92 Å². The van der Waals surface area contributed by atoms with Crippen molar-refractivity contribution in [3.63, 3.8) is 0 Å². The Bertz CT molecular complexity index is 312. The molecule has 0 aliphatic heterocycles. The van der Waals surface area contributed by atoms with Crippen LogP contribution in [0.2, 0.25) is 0 Å². The number of ether oxygens (including phenoxy) is 1. The average Bonchev–Trinajstić information content (AvgIpc) is 2.09. The van der Waals surface area contributed by atoms with Crippen LogP contribution >= 0.6 is 15.9 Å². The quantitative estimate of drug-likeness (QED) is 0.703. The lowest BCUT2D eigenvalue weighted by Gasteiger charge is -2.05. The van der Waals surface area contributed by atoms with Crippen LogP contribution in [0.5, 0.6) is 5.75 Å². The van der Waals surface area contributed by atoms with E-state index in [1.165, 1.54) is 0 Å². The van der Waals surface area contributed by atoms with Crippen LogP contribution < -0.4 is 4.74 Å². The van der Waals surface area contributed by atoms with Gasteiger partial charge in [0.05, 0.1) is 11.1 Å². The minimum Gasteiger partial charge on any atom is -0.493 e. The molecule has 0 heterocycles. The van der Waals surface area contributed by atoms with Crippen molar-refractivity contribution in [2.45, 2.75) is 6.92 Å². The van der Waals surface area contributed by atoms with Crippen molar-refractivity contribution in [2.75, 3.05) is 6.61 Å². The smallest absolute Gasteiger partial charge is 0.134 e. The summed E-state index contributed by atoms with van der Waals surface area (Å²) in [5.41, 5.74) is 0.835. The molecule has 2 heteroatoms. The highest BCUT2D eigenvalue weighted by Crippen LogP contribution is 2.25. The van der Waals surface area contributed by atoms with Crippen LogP contribution in [0.25, 0.3) is 0 Å². The zero-order valence-corrected chi connectivity index (χ0v) is 8.39. The maximum Gasteiger partial charge on any atom is 0.134 e. The largest absolute Gasteiger partial charge is 0.493 e. The molecule has 0 bridgehead atoms. The third-order valence-electron chi connectivity index (χ3n) is 1.40. The topological polar surface area (TPSA) is 9.23 Å². The van der Waals surface area contributed by atoms with E-state index in [4.69, 9.17) is 11.2 Å². The number of hydrogen-bond donors (Lipinski definition) is 0. The molecule has 0 radical (unpaired) electrons. The van der Waals surface area contributed by atoms with E-state index in [0.29, 0.717) is 6.61 Å². The van der Waals surface area contributed by atoms with Gasteiger partial charge in [-0.3, -0.25) is 0 Å². The fourth-order valence-corrected chi connectivity index (χ4v) is 1.22. The van der Waals surface area contributed by atoms with Crippen molar-refractivity contribution in [3.05, 3.63) is 28.2 Å². The summed E-state index contributed by atoms with van der Waals surface area (Å²) in [6.45, 7) is 2.58. The molecular formula is C10H9BrO. The third-order valence-corrected chi connectivity index (χ3v) is 2.05. The molecule has 0 aliphatic rings. The Morgan fingerprint density at radius 1 is 1.58 bits per heavy atom. The van der Waals surface area contributed by atoms with Crippen LogP contribution in [0.15, 0.2) is 22.7 Å². The van der Waals surface area contributed by atoms with Crippen LogP contribution in [0.1, 0.15) is 12.5 Å². The molecule has 0 N–H and O–H groups in total. The van der Waals surface area contributed by atoms with E-state index < -0.39 is 0 Å². The number of rotatable bonds is 2. The molecule has 0 spiro atoms. The lowest BCUT2D eigenvalue weighted by atomic mass is 10.2. The van der Waals surface area contributed by atoms with Crippen LogP contribution in [0, 0.1) is 12.3 Å². The first-order chi connectivity index (χ1) is 5.77. The minimum atomic E-state index is 0.645. The summed E-state index contributed by atoms with van der Waals surface area (Å²) in [4.78, 5) is 0. The first-order valence-corrected chi connectivity index (χ1v) is 4.46. The van der Waals surface area contributed by atoms with Crippen molar-refractivity contribution in [1.82, 2.24) is 0 Å². The van der Waals surface area contributed by atoms with Crippen LogP contribution in [-0.2, 0) is 0 Å². The number of halogens is 1. The Labute approximate surface area is 80.9 Å². The molecule has 0 fully saturated rings. The SMILES string of the molecule is C#Cc1ccc(Br)c(OCC)c1. The van der Waals surface area contributed by atoms with E-state index in [0.717, 1.165) is 15.8 Å². The molecule has 1 aromatic rings. The first-order valence-electron chi connectivity index (χ1n) is 3.67. The second-order valence-electron chi connectivity index (χ2n) is 2.22. The highest BCUT2D eigenvalue weighted by molar-refractivity contribution is 9.10. The van der Waals surface area contributed by atoms with Crippen molar-refractivity contribution in [2.24, 2.45) is 0 Å². The van der Waals surface area contributed by atoms with Gasteiger partial charge in [-0.25, -0.2) is 0 Å². The normalized spacial score (nSPS) is 9.08. The molecule has 62 valence electrons. The van der Waals surface area contributed by atoms with Crippen molar-refractivity contribution in [1.29, 1.82) is 0 Å². The maximum absolute atomic E-state index is 5.34. The van der Waals surface area contributed by atoms with E-state index in [-0.39, 0.29) is 0 Å². The summed E-state index contributed by atoms with van der Waals surface area (Å²) >= 11 is 3.37. The molecule has 0 aliphatic carbocycles. The first kappa shape index (κ1) is 9.15. The summed E-state index contributed by atoms with van der Waals surface area (Å²) in [5.74, 6) is 3.35. The molecule has 0 unspecified atom stereocenters. The summed E-state index contributed by atoms with van der Waals surface area (Å²) < 4.78 is 6.27. The molecule has 1 aromatic carbocycles. The van der Waals surface area contributed by atoms with Gasteiger partial charge in [0.25, 0.3) is 0 Å². The van der Waals surface area contributed by atoms with Gasteiger partial charge in [0.15, 0.2) is 0 Å². The zero-order valence-electron chi connectivity index (χ0n) is 6.80. The Kier molecular flexibility index (Phi) is 3.19. The van der Waals surface area contributed by atoms with Crippen molar-refractivity contribution >= 4 is 15.9 Å². The lowest BCUT2D eigenvalue weighted by Crippen LogP contribution is -1.92. The molecule has 12 heavy (non-hydrogen) atoms. The predicted octanol–water partition coefficient (Wildman–Crippen LogP) is 2.83. The third kappa shape index (κ3) is 2.02. The van der Waals surface area contributed by atoms with Gasteiger partial charge in [0.2, 0.25) is 0 Å². The van der Waals surface area contributed by atoms with E-state index in [1.807, 2.05) is 25.1 Å². The Hall–Kier alpha value is -0.940. The van der Waals surface area contributed by atoms with Gasteiger partial charge in [0, 0.05) is 5.56 Å². The summed E-state index contributed by atoms with van der Waals surface area (Å²) in [6.07, 6.45) is 5.24. The summed E-state index contributed by atoms with van der Waals surface area (Å²) in [6, 6.07) is 5.60. The van der Waals surface area contributed by atoms with E-state index in [9.17, 15) is 0 Å². The average molecular weight is 225 g/mol. The molecule has 0 aromatic heterocycles. The van der Waals surface area contributed by atoms with Crippen LogP contribution in [0.4, 0.5) is 0 Å². The fourth-order valence-electron chi connectivity index (χ4n) is 0.859. The Morgan fingerprint density at radius 2 is 2.33 bits per heavy atom. The molecule has 0 atom stereocenters. The second-order valence-corrected chi connectivity index (χ2v) is 3.08. The summed E-state index contributed by atoms with van der Waals surface area (Å²) in [5, 5.41) is 0.